The fraction of sp³-hybridized carbons (Fsp3) is 0.286. The lowest BCUT2D eigenvalue weighted by molar-refractivity contribution is 0.0899. The molecule has 0 heterocycles. The quantitative estimate of drug-likeness (QED) is 0.880. The van der Waals surface area contributed by atoms with Crippen molar-refractivity contribution >= 4 is 11.6 Å². The van der Waals surface area contributed by atoms with Crippen LogP contribution in [0.25, 0.3) is 0 Å². The summed E-state index contributed by atoms with van der Waals surface area (Å²) in [7, 11) is 1.40. The molecular weight excluding hydrogens is 230 g/mol. The van der Waals surface area contributed by atoms with Crippen molar-refractivity contribution in [2.24, 2.45) is 0 Å². The maximum absolute atomic E-state index is 12.3. The molecular formula is C14H15NO3. The SMILES string of the molecule is CCCNC1=C(OC)C(=O)c2ccccc2C1=O. The van der Waals surface area contributed by atoms with Crippen molar-refractivity contribution in [3.05, 3.63) is 46.8 Å². The third-order valence-electron chi connectivity index (χ3n) is 2.83. The summed E-state index contributed by atoms with van der Waals surface area (Å²) < 4.78 is 5.09. The van der Waals surface area contributed by atoms with Crippen molar-refractivity contribution in [1.82, 2.24) is 5.32 Å². The summed E-state index contributed by atoms with van der Waals surface area (Å²) in [6, 6.07) is 6.79. The Kier molecular flexibility index (Phi) is 3.46. The largest absolute Gasteiger partial charge is 0.491 e. The Bertz CT molecular complexity index is 532. The van der Waals surface area contributed by atoms with Crippen molar-refractivity contribution in [2.45, 2.75) is 13.3 Å². The van der Waals surface area contributed by atoms with Crippen molar-refractivity contribution in [3.8, 4) is 0 Å². The molecule has 0 bridgehead atoms. The number of ether oxygens (including phenoxy) is 1. The number of ketones is 2. The van der Waals surface area contributed by atoms with Crippen LogP contribution in [0.3, 0.4) is 0 Å². The number of Topliss-reactive ketones (excluding diaryl/α,β-unsaturated/α-hetero) is 2. The van der Waals surface area contributed by atoms with E-state index < -0.39 is 0 Å². The highest BCUT2D eigenvalue weighted by Crippen LogP contribution is 2.25. The topological polar surface area (TPSA) is 55.4 Å². The molecule has 0 radical (unpaired) electrons. The Balaban J connectivity index is 2.50. The van der Waals surface area contributed by atoms with Crippen LogP contribution in [-0.2, 0) is 4.74 Å². The predicted octanol–water partition coefficient (Wildman–Crippen LogP) is 1.92. The number of methoxy groups -OCH3 is 1. The lowest BCUT2D eigenvalue weighted by atomic mass is 9.91. The average molecular weight is 245 g/mol. The molecule has 1 aromatic carbocycles. The van der Waals surface area contributed by atoms with Crippen LogP contribution in [0, 0.1) is 0 Å². The van der Waals surface area contributed by atoms with Gasteiger partial charge in [0.2, 0.25) is 11.6 Å². The zero-order chi connectivity index (χ0) is 13.1. The molecule has 1 N–H and O–H groups in total. The summed E-state index contributed by atoms with van der Waals surface area (Å²) in [6.07, 6.45) is 0.865. The first-order valence-corrected chi connectivity index (χ1v) is 5.91. The highest BCUT2D eigenvalue weighted by atomic mass is 16.5. The zero-order valence-electron chi connectivity index (χ0n) is 10.4. The molecule has 0 saturated heterocycles. The minimum absolute atomic E-state index is 0.104. The molecule has 4 nitrogen and oxygen atoms in total. The number of carbonyl (C=O) groups is 2. The number of carbonyl (C=O) groups excluding carboxylic acids is 2. The molecule has 0 amide bonds. The van der Waals surface area contributed by atoms with Gasteiger partial charge in [0, 0.05) is 17.7 Å². The normalized spacial score (nSPS) is 14.6. The first-order valence-electron chi connectivity index (χ1n) is 5.91. The summed E-state index contributed by atoms with van der Waals surface area (Å²) >= 11 is 0. The van der Waals surface area contributed by atoms with E-state index in [-0.39, 0.29) is 23.0 Å². The molecule has 0 aromatic heterocycles. The first-order chi connectivity index (χ1) is 8.70. The Hall–Kier alpha value is -2.10. The molecule has 0 unspecified atom stereocenters. The van der Waals surface area contributed by atoms with Crippen LogP contribution in [0.4, 0.5) is 0 Å². The lowest BCUT2D eigenvalue weighted by Crippen LogP contribution is -2.31. The molecule has 1 aliphatic carbocycles. The fourth-order valence-corrected chi connectivity index (χ4v) is 1.96. The third kappa shape index (κ3) is 1.90. The van der Waals surface area contributed by atoms with Crippen molar-refractivity contribution in [3.63, 3.8) is 0 Å². The van der Waals surface area contributed by atoms with E-state index in [0.29, 0.717) is 17.7 Å². The van der Waals surface area contributed by atoms with Gasteiger partial charge in [0.15, 0.2) is 5.76 Å². The van der Waals surface area contributed by atoms with Gasteiger partial charge in [-0.1, -0.05) is 31.2 Å². The van der Waals surface area contributed by atoms with E-state index >= 15 is 0 Å². The fourth-order valence-electron chi connectivity index (χ4n) is 1.96. The van der Waals surface area contributed by atoms with Gasteiger partial charge in [-0.15, -0.1) is 0 Å². The monoisotopic (exact) mass is 245 g/mol. The summed E-state index contributed by atoms with van der Waals surface area (Å²) in [4.78, 5) is 24.5. The minimum atomic E-state index is -0.244. The van der Waals surface area contributed by atoms with Crippen LogP contribution in [0.2, 0.25) is 0 Å². The molecule has 0 saturated carbocycles. The predicted molar refractivity (Wildman–Crippen MR) is 67.4 cm³/mol. The van der Waals surface area contributed by atoms with Crippen LogP contribution in [0.15, 0.2) is 35.7 Å². The summed E-state index contributed by atoms with van der Waals surface area (Å²) in [6.45, 7) is 2.62. The van der Waals surface area contributed by atoms with E-state index in [4.69, 9.17) is 4.74 Å². The van der Waals surface area contributed by atoms with Gasteiger partial charge in [-0.2, -0.15) is 0 Å². The molecule has 0 spiro atoms. The van der Waals surface area contributed by atoms with Gasteiger partial charge in [0.25, 0.3) is 0 Å². The molecule has 4 heteroatoms. The number of fused-ring (bicyclic) bond motifs is 1. The van der Waals surface area contributed by atoms with Crippen LogP contribution < -0.4 is 5.32 Å². The third-order valence-corrected chi connectivity index (χ3v) is 2.83. The molecule has 1 aliphatic rings. The Morgan fingerprint density at radius 1 is 1.11 bits per heavy atom. The standard InChI is InChI=1S/C14H15NO3/c1-3-8-15-11-12(16)9-6-4-5-7-10(9)13(17)14(11)18-2/h4-7,15H,3,8H2,1-2H3. The van der Waals surface area contributed by atoms with Gasteiger partial charge in [-0.05, 0) is 6.42 Å². The summed E-state index contributed by atoms with van der Waals surface area (Å²) in [5.74, 6) is -0.325. The number of benzene rings is 1. The number of rotatable bonds is 4. The first kappa shape index (κ1) is 12.4. The van der Waals surface area contributed by atoms with Gasteiger partial charge < -0.3 is 10.1 Å². The number of hydrogen-bond acceptors (Lipinski definition) is 4. The van der Waals surface area contributed by atoms with Crippen LogP contribution in [0.5, 0.6) is 0 Å². The van der Waals surface area contributed by atoms with Gasteiger partial charge in [0.05, 0.1) is 7.11 Å². The maximum atomic E-state index is 12.3. The summed E-state index contributed by atoms with van der Waals surface area (Å²) in [5, 5.41) is 2.98. The van der Waals surface area contributed by atoms with E-state index in [1.54, 1.807) is 24.3 Å². The van der Waals surface area contributed by atoms with Gasteiger partial charge in [-0.3, -0.25) is 9.59 Å². The van der Waals surface area contributed by atoms with E-state index in [0.717, 1.165) is 6.42 Å². The highest BCUT2D eigenvalue weighted by Gasteiger charge is 2.32. The molecule has 1 aromatic rings. The van der Waals surface area contributed by atoms with Gasteiger partial charge in [0.1, 0.15) is 5.70 Å². The minimum Gasteiger partial charge on any atom is -0.491 e. The van der Waals surface area contributed by atoms with Crippen LogP contribution in [0.1, 0.15) is 34.1 Å². The second-order valence-electron chi connectivity index (χ2n) is 4.04. The Morgan fingerprint density at radius 2 is 1.72 bits per heavy atom. The Labute approximate surface area is 106 Å². The highest BCUT2D eigenvalue weighted by molar-refractivity contribution is 6.25. The molecule has 0 atom stereocenters. The molecule has 94 valence electrons. The van der Waals surface area contributed by atoms with Gasteiger partial charge in [-0.25, -0.2) is 0 Å². The summed E-state index contributed by atoms with van der Waals surface area (Å²) in [5.41, 5.74) is 1.10. The average Bonchev–Trinajstić information content (AvgIpc) is 2.41. The van der Waals surface area contributed by atoms with E-state index in [2.05, 4.69) is 5.32 Å². The second kappa shape index (κ2) is 5.04. The van der Waals surface area contributed by atoms with Crippen molar-refractivity contribution in [2.75, 3.05) is 13.7 Å². The van der Waals surface area contributed by atoms with Crippen LogP contribution >= 0.6 is 0 Å². The second-order valence-corrected chi connectivity index (χ2v) is 4.04. The number of nitrogens with one attached hydrogen (secondary N) is 1. The van der Waals surface area contributed by atoms with Crippen molar-refractivity contribution in [1.29, 1.82) is 0 Å². The molecule has 2 rings (SSSR count). The molecule has 0 fully saturated rings. The number of hydrogen-bond donors (Lipinski definition) is 1. The van der Waals surface area contributed by atoms with Gasteiger partial charge >= 0.3 is 0 Å². The Morgan fingerprint density at radius 3 is 2.28 bits per heavy atom. The smallest absolute Gasteiger partial charge is 0.230 e. The van der Waals surface area contributed by atoms with E-state index in [1.807, 2.05) is 6.92 Å². The van der Waals surface area contributed by atoms with E-state index in [9.17, 15) is 9.59 Å². The number of allylic oxidation sites excluding steroid dienone is 2. The molecule has 18 heavy (non-hydrogen) atoms. The molecule has 0 aliphatic heterocycles. The van der Waals surface area contributed by atoms with Crippen LogP contribution in [-0.4, -0.2) is 25.2 Å². The lowest BCUT2D eigenvalue weighted by Gasteiger charge is -2.20. The van der Waals surface area contributed by atoms with E-state index in [1.165, 1.54) is 7.11 Å². The van der Waals surface area contributed by atoms with Crippen molar-refractivity contribution < 1.29 is 14.3 Å². The maximum Gasteiger partial charge on any atom is 0.230 e. The zero-order valence-corrected chi connectivity index (χ0v) is 10.4.